The van der Waals surface area contributed by atoms with Crippen LogP contribution in [0.5, 0.6) is 0 Å². The third-order valence-corrected chi connectivity index (χ3v) is 1.70. The van der Waals surface area contributed by atoms with Crippen molar-refractivity contribution in [1.29, 1.82) is 0 Å². The zero-order valence-electron chi connectivity index (χ0n) is 8.01. The lowest BCUT2D eigenvalue weighted by molar-refractivity contribution is -0.384. The van der Waals surface area contributed by atoms with E-state index >= 15 is 0 Å². The summed E-state index contributed by atoms with van der Waals surface area (Å²) in [5.74, 6) is 0. The standard InChI is InChI=1S/C10H12N2O2/c1-2-7-11-8-9-3-5-10(6-4-9)12(13)14/h3-6,8H,2,7H2,1H3. The van der Waals surface area contributed by atoms with Crippen LogP contribution in [-0.2, 0) is 0 Å². The summed E-state index contributed by atoms with van der Waals surface area (Å²) in [7, 11) is 0. The molecular weight excluding hydrogens is 180 g/mol. The molecule has 0 saturated carbocycles. The molecule has 4 nitrogen and oxygen atoms in total. The monoisotopic (exact) mass is 192 g/mol. The molecule has 0 amide bonds. The molecule has 1 rings (SSSR count). The fraction of sp³-hybridized carbons (Fsp3) is 0.300. The van der Waals surface area contributed by atoms with Crippen molar-refractivity contribution >= 4 is 11.9 Å². The van der Waals surface area contributed by atoms with Crippen LogP contribution >= 0.6 is 0 Å². The molecule has 0 unspecified atom stereocenters. The minimum atomic E-state index is -0.410. The van der Waals surface area contributed by atoms with Gasteiger partial charge in [-0.15, -0.1) is 0 Å². The molecule has 0 saturated heterocycles. The molecule has 1 aromatic carbocycles. The first-order valence-electron chi connectivity index (χ1n) is 4.48. The van der Waals surface area contributed by atoms with E-state index < -0.39 is 4.92 Å². The molecule has 1 aromatic rings. The van der Waals surface area contributed by atoms with Crippen LogP contribution in [0.2, 0.25) is 0 Å². The van der Waals surface area contributed by atoms with Gasteiger partial charge >= 0.3 is 0 Å². The van der Waals surface area contributed by atoms with Crippen molar-refractivity contribution in [3.8, 4) is 0 Å². The predicted molar refractivity (Wildman–Crippen MR) is 55.8 cm³/mol. The van der Waals surface area contributed by atoms with E-state index in [1.165, 1.54) is 12.1 Å². The van der Waals surface area contributed by atoms with Gasteiger partial charge in [0.1, 0.15) is 0 Å². The zero-order chi connectivity index (χ0) is 10.4. The van der Waals surface area contributed by atoms with Crippen molar-refractivity contribution in [2.75, 3.05) is 6.54 Å². The molecule has 0 fully saturated rings. The Morgan fingerprint density at radius 3 is 2.57 bits per heavy atom. The Balaban J connectivity index is 2.68. The summed E-state index contributed by atoms with van der Waals surface area (Å²) in [5.41, 5.74) is 1.00. The summed E-state index contributed by atoms with van der Waals surface area (Å²) < 4.78 is 0. The second kappa shape index (κ2) is 5.11. The van der Waals surface area contributed by atoms with Crippen LogP contribution in [0.25, 0.3) is 0 Å². The smallest absolute Gasteiger partial charge is 0.269 e. The average Bonchev–Trinajstić information content (AvgIpc) is 2.19. The van der Waals surface area contributed by atoms with Gasteiger partial charge < -0.3 is 0 Å². The van der Waals surface area contributed by atoms with Crippen molar-refractivity contribution < 1.29 is 4.92 Å². The highest BCUT2D eigenvalue weighted by Crippen LogP contribution is 2.10. The summed E-state index contributed by atoms with van der Waals surface area (Å²) in [4.78, 5) is 14.1. The van der Waals surface area contributed by atoms with Crippen molar-refractivity contribution in [3.05, 3.63) is 39.9 Å². The molecule has 0 aliphatic carbocycles. The Kier molecular flexibility index (Phi) is 3.79. The number of hydrogen-bond acceptors (Lipinski definition) is 3. The van der Waals surface area contributed by atoms with E-state index in [9.17, 15) is 10.1 Å². The number of benzene rings is 1. The first kappa shape index (κ1) is 10.4. The van der Waals surface area contributed by atoms with Crippen molar-refractivity contribution in [1.82, 2.24) is 0 Å². The van der Waals surface area contributed by atoms with E-state index in [1.54, 1.807) is 18.3 Å². The number of non-ortho nitro benzene ring substituents is 1. The Morgan fingerprint density at radius 1 is 1.43 bits per heavy atom. The third kappa shape index (κ3) is 2.97. The van der Waals surface area contributed by atoms with Gasteiger partial charge in [-0.2, -0.15) is 0 Å². The SMILES string of the molecule is CCCN=Cc1ccc([N+](=O)[O-])cc1. The van der Waals surface area contributed by atoms with E-state index in [4.69, 9.17) is 0 Å². The summed E-state index contributed by atoms with van der Waals surface area (Å²) in [6, 6.07) is 6.34. The maximum absolute atomic E-state index is 10.3. The number of nitro benzene ring substituents is 1. The van der Waals surface area contributed by atoms with Gasteiger partial charge in [0, 0.05) is 24.9 Å². The molecular formula is C10H12N2O2. The Labute approximate surface area is 82.4 Å². The van der Waals surface area contributed by atoms with Gasteiger partial charge in [-0.3, -0.25) is 15.1 Å². The molecule has 74 valence electrons. The molecule has 0 heterocycles. The van der Waals surface area contributed by atoms with Gasteiger partial charge in [-0.05, 0) is 24.1 Å². The lowest BCUT2D eigenvalue weighted by Gasteiger charge is -1.92. The molecule has 0 N–H and O–H groups in total. The van der Waals surface area contributed by atoms with E-state index in [1.807, 2.05) is 6.92 Å². The lowest BCUT2D eigenvalue weighted by Crippen LogP contribution is -1.88. The fourth-order valence-corrected chi connectivity index (χ4v) is 0.981. The van der Waals surface area contributed by atoms with Gasteiger partial charge in [0.25, 0.3) is 5.69 Å². The minimum Gasteiger partial charge on any atom is -0.293 e. The second-order valence-corrected chi connectivity index (χ2v) is 2.88. The highest BCUT2D eigenvalue weighted by Gasteiger charge is 2.01. The van der Waals surface area contributed by atoms with E-state index in [-0.39, 0.29) is 5.69 Å². The number of aliphatic imine (C=N–C) groups is 1. The zero-order valence-corrected chi connectivity index (χ0v) is 8.01. The van der Waals surface area contributed by atoms with Crippen molar-refractivity contribution in [2.24, 2.45) is 4.99 Å². The Hall–Kier alpha value is -1.71. The maximum atomic E-state index is 10.3. The van der Waals surface area contributed by atoms with Gasteiger partial charge in [-0.1, -0.05) is 6.92 Å². The molecule has 0 aromatic heterocycles. The second-order valence-electron chi connectivity index (χ2n) is 2.88. The highest BCUT2D eigenvalue weighted by atomic mass is 16.6. The molecule has 0 aliphatic heterocycles. The Bertz CT molecular complexity index is 330. The Morgan fingerprint density at radius 2 is 2.07 bits per heavy atom. The fourth-order valence-electron chi connectivity index (χ4n) is 0.981. The van der Waals surface area contributed by atoms with Crippen LogP contribution in [0, 0.1) is 10.1 Å². The molecule has 14 heavy (non-hydrogen) atoms. The van der Waals surface area contributed by atoms with Crippen molar-refractivity contribution in [2.45, 2.75) is 13.3 Å². The summed E-state index contributed by atoms with van der Waals surface area (Å²) in [6.45, 7) is 2.84. The van der Waals surface area contributed by atoms with Crippen molar-refractivity contribution in [3.63, 3.8) is 0 Å². The maximum Gasteiger partial charge on any atom is 0.269 e. The van der Waals surface area contributed by atoms with Crippen LogP contribution in [0.4, 0.5) is 5.69 Å². The third-order valence-electron chi connectivity index (χ3n) is 1.70. The van der Waals surface area contributed by atoms with E-state index in [0.29, 0.717) is 0 Å². The van der Waals surface area contributed by atoms with Crippen LogP contribution in [0.15, 0.2) is 29.3 Å². The predicted octanol–water partition coefficient (Wildman–Crippen LogP) is 2.42. The molecule has 4 heteroatoms. The van der Waals surface area contributed by atoms with Crippen LogP contribution in [0.1, 0.15) is 18.9 Å². The largest absolute Gasteiger partial charge is 0.293 e. The van der Waals surface area contributed by atoms with Crippen LogP contribution in [-0.4, -0.2) is 17.7 Å². The van der Waals surface area contributed by atoms with E-state index in [0.717, 1.165) is 18.5 Å². The number of rotatable bonds is 4. The normalized spacial score (nSPS) is 10.6. The number of nitro groups is 1. The minimum absolute atomic E-state index is 0.109. The highest BCUT2D eigenvalue weighted by molar-refractivity contribution is 5.79. The van der Waals surface area contributed by atoms with Gasteiger partial charge in [0.15, 0.2) is 0 Å². The molecule has 0 radical (unpaired) electrons. The first-order valence-corrected chi connectivity index (χ1v) is 4.48. The average molecular weight is 192 g/mol. The first-order chi connectivity index (χ1) is 6.74. The molecule has 0 atom stereocenters. The molecule has 0 bridgehead atoms. The topological polar surface area (TPSA) is 55.5 Å². The van der Waals surface area contributed by atoms with Crippen LogP contribution in [0.3, 0.4) is 0 Å². The number of hydrogen-bond donors (Lipinski definition) is 0. The van der Waals surface area contributed by atoms with Gasteiger partial charge in [0.05, 0.1) is 4.92 Å². The quantitative estimate of drug-likeness (QED) is 0.418. The van der Waals surface area contributed by atoms with Crippen LogP contribution < -0.4 is 0 Å². The summed E-state index contributed by atoms with van der Waals surface area (Å²) in [6.07, 6.45) is 2.73. The summed E-state index contributed by atoms with van der Waals surface area (Å²) in [5, 5.41) is 10.3. The number of nitrogens with zero attached hydrogens (tertiary/aromatic N) is 2. The lowest BCUT2D eigenvalue weighted by atomic mass is 10.2. The van der Waals surface area contributed by atoms with Gasteiger partial charge in [0.2, 0.25) is 0 Å². The van der Waals surface area contributed by atoms with Gasteiger partial charge in [-0.25, -0.2) is 0 Å². The summed E-state index contributed by atoms with van der Waals surface area (Å²) >= 11 is 0. The molecule has 0 spiro atoms. The molecule has 0 aliphatic rings. The van der Waals surface area contributed by atoms with E-state index in [2.05, 4.69) is 4.99 Å².